The van der Waals surface area contributed by atoms with Crippen LogP contribution in [0.1, 0.15) is 52.0 Å². The molecule has 1 saturated heterocycles. The van der Waals surface area contributed by atoms with E-state index in [-0.39, 0.29) is 6.09 Å². The van der Waals surface area contributed by atoms with Crippen molar-refractivity contribution in [3.8, 4) is 5.75 Å². The van der Waals surface area contributed by atoms with E-state index in [1.54, 1.807) is 0 Å². The Morgan fingerprint density at radius 1 is 1.18 bits per heavy atom. The highest BCUT2D eigenvalue weighted by Gasteiger charge is 2.27. The van der Waals surface area contributed by atoms with E-state index in [0.29, 0.717) is 10.9 Å². The van der Waals surface area contributed by atoms with Crippen molar-refractivity contribution in [3.05, 3.63) is 28.8 Å². The fourth-order valence-electron chi connectivity index (χ4n) is 3.36. The number of ether oxygens (including phenoxy) is 2. The number of hydrogen-bond acceptors (Lipinski definition) is 4. The highest BCUT2D eigenvalue weighted by Crippen LogP contribution is 2.31. The second kappa shape index (κ2) is 9.36. The molecule has 1 saturated carbocycles. The van der Waals surface area contributed by atoms with Crippen molar-refractivity contribution in [1.29, 1.82) is 0 Å². The Morgan fingerprint density at radius 2 is 1.89 bits per heavy atom. The fourth-order valence-corrected chi connectivity index (χ4v) is 3.52. The lowest BCUT2D eigenvalue weighted by molar-refractivity contribution is 0.0184. The molecule has 28 heavy (non-hydrogen) atoms. The SMILES string of the molecule is CC(C)(C)OC(=O)N1CCC(CNCc2ccc(Cl)cc2OCC2CC2)CC1. The summed E-state index contributed by atoms with van der Waals surface area (Å²) in [5, 5.41) is 4.27. The Morgan fingerprint density at radius 3 is 2.54 bits per heavy atom. The van der Waals surface area contributed by atoms with E-state index < -0.39 is 5.60 Å². The maximum atomic E-state index is 12.2. The zero-order valence-electron chi connectivity index (χ0n) is 17.3. The van der Waals surface area contributed by atoms with Crippen molar-refractivity contribution in [2.75, 3.05) is 26.2 Å². The van der Waals surface area contributed by atoms with Gasteiger partial charge in [-0.05, 0) is 77.0 Å². The zero-order valence-corrected chi connectivity index (χ0v) is 18.1. The van der Waals surface area contributed by atoms with Crippen molar-refractivity contribution < 1.29 is 14.3 Å². The van der Waals surface area contributed by atoms with Gasteiger partial charge in [0, 0.05) is 30.2 Å². The number of carbonyl (C=O) groups is 1. The summed E-state index contributed by atoms with van der Waals surface area (Å²) in [5.74, 6) is 2.18. The van der Waals surface area contributed by atoms with E-state index in [2.05, 4.69) is 5.32 Å². The first-order valence-electron chi connectivity index (χ1n) is 10.4. The molecule has 2 aliphatic rings. The van der Waals surface area contributed by atoms with Gasteiger partial charge in [-0.25, -0.2) is 4.79 Å². The number of halogens is 1. The quantitative estimate of drug-likeness (QED) is 0.699. The largest absolute Gasteiger partial charge is 0.493 e. The average molecular weight is 409 g/mol. The Bertz CT molecular complexity index is 662. The van der Waals surface area contributed by atoms with Crippen LogP contribution in [0.5, 0.6) is 5.75 Å². The summed E-state index contributed by atoms with van der Waals surface area (Å²) in [6.45, 7) is 9.73. The van der Waals surface area contributed by atoms with Gasteiger partial charge in [0.15, 0.2) is 0 Å². The molecule has 0 spiro atoms. The number of nitrogens with one attached hydrogen (secondary N) is 1. The molecule has 156 valence electrons. The van der Waals surface area contributed by atoms with E-state index in [9.17, 15) is 4.79 Å². The smallest absolute Gasteiger partial charge is 0.410 e. The summed E-state index contributed by atoms with van der Waals surface area (Å²) in [4.78, 5) is 14.0. The third-order valence-corrected chi connectivity index (χ3v) is 5.45. The number of amides is 1. The Kier molecular flexibility index (Phi) is 7.10. The molecule has 3 rings (SSSR count). The Hall–Kier alpha value is -1.46. The van der Waals surface area contributed by atoms with Crippen LogP contribution in [-0.4, -0.2) is 42.8 Å². The van der Waals surface area contributed by atoms with Gasteiger partial charge in [0.1, 0.15) is 11.4 Å². The first kappa shape index (κ1) is 21.3. The van der Waals surface area contributed by atoms with Crippen molar-refractivity contribution >= 4 is 17.7 Å². The van der Waals surface area contributed by atoms with E-state index >= 15 is 0 Å². The molecule has 1 heterocycles. The number of piperidine rings is 1. The number of hydrogen-bond donors (Lipinski definition) is 1. The van der Waals surface area contributed by atoms with Crippen LogP contribution < -0.4 is 10.1 Å². The minimum atomic E-state index is -0.437. The summed E-state index contributed by atoms with van der Waals surface area (Å²) in [7, 11) is 0. The first-order valence-corrected chi connectivity index (χ1v) is 10.8. The third-order valence-electron chi connectivity index (χ3n) is 5.22. The van der Waals surface area contributed by atoms with Crippen LogP contribution in [-0.2, 0) is 11.3 Å². The van der Waals surface area contributed by atoms with Gasteiger partial charge in [0.25, 0.3) is 0 Å². The molecule has 1 aliphatic heterocycles. The lowest BCUT2D eigenvalue weighted by atomic mass is 9.97. The Labute approximate surface area is 173 Å². The first-order chi connectivity index (χ1) is 13.3. The molecule has 0 bridgehead atoms. The average Bonchev–Trinajstić information content (AvgIpc) is 3.45. The summed E-state index contributed by atoms with van der Waals surface area (Å²) in [5.41, 5.74) is 0.712. The van der Waals surface area contributed by atoms with Gasteiger partial charge in [-0.1, -0.05) is 17.7 Å². The van der Waals surface area contributed by atoms with Crippen LogP contribution in [0.3, 0.4) is 0 Å². The van der Waals surface area contributed by atoms with Gasteiger partial charge in [0.2, 0.25) is 0 Å². The van der Waals surface area contributed by atoms with Crippen molar-refractivity contribution in [2.45, 2.75) is 58.6 Å². The fraction of sp³-hybridized carbons (Fsp3) is 0.682. The second-order valence-corrected chi connectivity index (χ2v) is 9.48. The third kappa shape index (κ3) is 6.85. The molecule has 1 N–H and O–H groups in total. The van der Waals surface area contributed by atoms with Crippen molar-refractivity contribution in [3.63, 3.8) is 0 Å². The normalized spacial score (nSPS) is 18.2. The summed E-state index contributed by atoms with van der Waals surface area (Å²) < 4.78 is 11.4. The van der Waals surface area contributed by atoms with Crippen LogP contribution in [0.4, 0.5) is 4.79 Å². The predicted octanol–water partition coefficient (Wildman–Crippen LogP) is 4.87. The maximum absolute atomic E-state index is 12.2. The topological polar surface area (TPSA) is 50.8 Å². The molecule has 0 radical (unpaired) electrons. The molecule has 1 aromatic rings. The predicted molar refractivity (Wildman–Crippen MR) is 112 cm³/mol. The second-order valence-electron chi connectivity index (χ2n) is 9.05. The van der Waals surface area contributed by atoms with Crippen molar-refractivity contribution in [2.24, 2.45) is 11.8 Å². The van der Waals surface area contributed by atoms with Gasteiger partial charge >= 0.3 is 6.09 Å². The Balaban J connectivity index is 1.40. The lowest BCUT2D eigenvalue weighted by Gasteiger charge is -2.33. The van der Waals surface area contributed by atoms with Gasteiger partial charge < -0.3 is 19.7 Å². The van der Waals surface area contributed by atoms with E-state index in [0.717, 1.165) is 62.9 Å². The molecule has 1 aromatic carbocycles. The van der Waals surface area contributed by atoms with Crippen LogP contribution in [0.15, 0.2) is 18.2 Å². The molecule has 0 atom stereocenters. The van der Waals surface area contributed by atoms with Crippen LogP contribution in [0.2, 0.25) is 5.02 Å². The minimum Gasteiger partial charge on any atom is -0.493 e. The van der Waals surface area contributed by atoms with E-state index in [1.165, 1.54) is 12.8 Å². The minimum absolute atomic E-state index is 0.197. The molecule has 0 aromatic heterocycles. The number of likely N-dealkylation sites (tertiary alicyclic amines) is 1. The number of benzene rings is 1. The maximum Gasteiger partial charge on any atom is 0.410 e. The standard InChI is InChI=1S/C22H33ClN2O3/c1-22(2,3)28-21(26)25-10-8-16(9-11-25)13-24-14-18-6-7-19(23)12-20(18)27-15-17-4-5-17/h6-7,12,16-17,24H,4-5,8-11,13-15H2,1-3H3. The van der Waals surface area contributed by atoms with Crippen LogP contribution >= 0.6 is 11.6 Å². The molecule has 6 heteroatoms. The molecular weight excluding hydrogens is 376 g/mol. The molecule has 5 nitrogen and oxygen atoms in total. The highest BCUT2D eigenvalue weighted by atomic mass is 35.5. The van der Waals surface area contributed by atoms with E-state index in [1.807, 2.05) is 43.9 Å². The monoisotopic (exact) mass is 408 g/mol. The van der Waals surface area contributed by atoms with E-state index in [4.69, 9.17) is 21.1 Å². The summed E-state index contributed by atoms with van der Waals surface area (Å²) >= 11 is 6.14. The van der Waals surface area contributed by atoms with Crippen LogP contribution in [0.25, 0.3) is 0 Å². The van der Waals surface area contributed by atoms with Gasteiger partial charge in [-0.15, -0.1) is 0 Å². The van der Waals surface area contributed by atoms with Gasteiger partial charge in [-0.2, -0.15) is 0 Å². The number of nitrogens with zero attached hydrogens (tertiary/aromatic N) is 1. The molecule has 2 fully saturated rings. The molecule has 1 aliphatic carbocycles. The van der Waals surface area contributed by atoms with Gasteiger partial charge in [-0.3, -0.25) is 0 Å². The zero-order chi connectivity index (χ0) is 20.1. The number of carbonyl (C=O) groups excluding carboxylic acids is 1. The molecule has 0 unspecified atom stereocenters. The number of rotatable bonds is 7. The lowest BCUT2D eigenvalue weighted by Crippen LogP contribution is -2.43. The van der Waals surface area contributed by atoms with Crippen molar-refractivity contribution in [1.82, 2.24) is 10.2 Å². The summed E-state index contributed by atoms with van der Waals surface area (Å²) in [6.07, 6.45) is 4.35. The summed E-state index contributed by atoms with van der Waals surface area (Å²) in [6, 6.07) is 5.88. The van der Waals surface area contributed by atoms with Crippen LogP contribution in [0, 0.1) is 11.8 Å². The van der Waals surface area contributed by atoms with Gasteiger partial charge in [0.05, 0.1) is 6.61 Å². The highest BCUT2D eigenvalue weighted by molar-refractivity contribution is 6.30. The molecule has 1 amide bonds. The molecular formula is C22H33ClN2O3.